The lowest BCUT2D eigenvalue weighted by Crippen LogP contribution is -2.47. The fourth-order valence-electron chi connectivity index (χ4n) is 2.75. The van der Waals surface area contributed by atoms with Crippen LogP contribution in [-0.4, -0.2) is 28.0 Å². The summed E-state index contributed by atoms with van der Waals surface area (Å²) in [4.78, 5) is 24.6. The van der Waals surface area contributed by atoms with E-state index in [2.05, 4.69) is 15.8 Å². The number of amides is 2. The highest BCUT2D eigenvalue weighted by Gasteiger charge is 2.36. The molecule has 0 saturated heterocycles. The van der Waals surface area contributed by atoms with Gasteiger partial charge >= 0.3 is 0 Å². The third-order valence-corrected chi connectivity index (χ3v) is 4.98. The molecule has 0 radical (unpaired) electrons. The molecule has 0 heterocycles. The van der Waals surface area contributed by atoms with Gasteiger partial charge in [0.1, 0.15) is 5.75 Å². The second-order valence-corrected chi connectivity index (χ2v) is 9.39. The first kappa shape index (κ1) is 24.6. The molecule has 1 unspecified atom stereocenters. The molecule has 170 valence electrons. The summed E-state index contributed by atoms with van der Waals surface area (Å²) < 4.78 is 3.80. The molecule has 33 heavy (non-hydrogen) atoms. The zero-order chi connectivity index (χ0) is 23.8. The molecule has 1 atom stereocenters. The summed E-state index contributed by atoms with van der Waals surface area (Å²) in [5.41, 5.74) is 5.00. The number of benzene rings is 3. The number of halogens is 3. The molecule has 0 aliphatic heterocycles. The number of rotatable bonds is 7. The molecular weight excluding hydrogens is 485 g/mol. The van der Waals surface area contributed by atoms with Crippen molar-refractivity contribution in [3.63, 3.8) is 0 Å². The summed E-state index contributed by atoms with van der Waals surface area (Å²) in [6.07, 6.45) is 0.247. The maximum absolute atomic E-state index is 12.6. The van der Waals surface area contributed by atoms with Gasteiger partial charge in [-0.3, -0.25) is 9.59 Å². The average Bonchev–Trinajstić information content (AvgIpc) is 2.79. The van der Waals surface area contributed by atoms with Gasteiger partial charge in [0.25, 0.3) is 11.8 Å². The van der Waals surface area contributed by atoms with Crippen LogP contribution in [0.1, 0.15) is 31.8 Å². The molecule has 9 heteroatoms. The van der Waals surface area contributed by atoms with Crippen LogP contribution in [0.5, 0.6) is 5.75 Å². The maximum Gasteiger partial charge on any atom is 0.271 e. The Labute approximate surface area is 206 Å². The van der Waals surface area contributed by atoms with Gasteiger partial charge in [-0.25, -0.2) is 5.43 Å². The number of carbonyl (C=O) groups is 2. The number of nitrogens with one attached hydrogen (secondary N) is 2. The van der Waals surface area contributed by atoms with Gasteiger partial charge in [0, 0.05) is 11.1 Å². The summed E-state index contributed by atoms with van der Waals surface area (Å²) in [7, 11) is 0. The van der Waals surface area contributed by atoms with Crippen LogP contribution >= 0.6 is 34.8 Å². The van der Waals surface area contributed by atoms with Crippen molar-refractivity contribution in [3.05, 3.63) is 101 Å². The first-order valence-corrected chi connectivity index (χ1v) is 11.0. The second kappa shape index (κ2) is 11.2. The number of alkyl halides is 3. The van der Waals surface area contributed by atoms with Crippen molar-refractivity contribution < 1.29 is 14.3 Å². The summed E-state index contributed by atoms with van der Waals surface area (Å²) in [5.74, 6) is -0.393. The lowest BCUT2D eigenvalue weighted by molar-refractivity contribution is 0.0832. The van der Waals surface area contributed by atoms with Crippen LogP contribution < -0.4 is 15.5 Å². The van der Waals surface area contributed by atoms with Crippen molar-refractivity contribution in [1.82, 2.24) is 10.7 Å². The predicted octanol–water partition coefficient (Wildman–Crippen LogP) is 5.26. The first-order chi connectivity index (χ1) is 15.7. The molecule has 0 spiro atoms. The van der Waals surface area contributed by atoms with E-state index in [-0.39, 0.29) is 5.91 Å². The standard InChI is InChI=1S/C24H20Cl3N3O3/c1-16-6-5-9-19(14-16)21(31)29-23(24(25,26)27)33-20-12-10-17(11-13-20)15-28-30-22(32)18-7-3-2-4-8-18/h2-15,23H,1H3,(H,29,31)(H,30,32). The van der Waals surface area contributed by atoms with Crippen molar-refractivity contribution >= 4 is 52.8 Å². The largest absolute Gasteiger partial charge is 0.466 e. The minimum atomic E-state index is -1.92. The van der Waals surface area contributed by atoms with Gasteiger partial charge in [-0.2, -0.15) is 5.10 Å². The molecule has 2 N–H and O–H groups in total. The normalized spacial score (nSPS) is 12.2. The minimum absolute atomic E-state index is 0.318. The number of hydrazone groups is 1. The third kappa shape index (κ3) is 7.49. The van der Waals surface area contributed by atoms with Gasteiger partial charge in [0.2, 0.25) is 10.0 Å². The predicted molar refractivity (Wildman–Crippen MR) is 131 cm³/mol. The number of hydrogen-bond donors (Lipinski definition) is 2. The van der Waals surface area contributed by atoms with E-state index in [1.165, 1.54) is 6.21 Å². The van der Waals surface area contributed by atoms with Crippen molar-refractivity contribution in [2.45, 2.75) is 16.9 Å². The van der Waals surface area contributed by atoms with Crippen molar-refractivity contribution in [3.8, 4) is 5.75 Å². The number of ether oxygens (including phenoxy) is 1. The van der Waals surface area contributed by atoms with Crippen LogP contribution in [0.2, 0.25) is 0 Å². The zero-order valence-electron chi connectivity index (χ0n) is 17.5. The van der Waals surface area contributed by atoms with Crippen molar-refractivity contribution in [2.24, 2.45) is 5.10 Å². The zero-order valence-corrected chi connectivity index (χ0v) is 19.7. The number of carbonyl (C=O) groups excluding carboxylic acids is 2. The Balaban J connectivity index is 1.62. The molecular formula is C24H20Cl3N3O3. The Morgan fingerprint density at radius 2 is 1.58 bits per heavy atom. The molecule has 6 nitrogen and oxygen atoms in total. The fraction of sp³-hybridized carbons (Fsp3) is 0.125. The fourth-order valence-corrected chi connectivity index (χ4v) is 3.05. The van der Waals surface area contributed by atoms with Crippen LogP contribution in [-0.2, 0) is 0 Å². The van der Waals surface area contributed by atoms with E-state index in [4.69, 9.17) is 39.5 Å². The molecule has 2 amide bonds. The smallest absolute Gasteiger partial charge is 0.271 e. The van der Waals surface area contributed by atoms with Crippen molar-refractivity contribution in [1.29, 1.82) is 0 Å². The van der Waals surface area contributed by atoms with Gasteiger partial charge in [-0.1, -0.05) is 70.7 Å². The number of aryl methyl sites for hydroxylation is 1. The highest BCUT2D eigenvalue weighted by molar-refractivity contribution is 6.68. The number of nitrogens with zero attached hydrogens (tertiary/aromatic N) is 1. The maximum atomic E-state index is 12.6. The summed E-state index contributed by atoms with van der Waals surface area (Å²) >= 11 is 18.1. The van der Waals surface area contributed by atoms with E-state index >= 15 is 0 Å². The van der Waals surface area contributed by atoms with E-state index in [0.29, 0.717) is 22.4 Å². The molecule has 0 aliphatic carbocycles. The molecule has 3 rings (SSSR count). The second-order valence-electron chi connectivity index (χ2n) is 7.02. The van der Waals surface area contributed by atoms with Gasteiger partial charge in [-0.05, 0) is 61.0 Å². The van der Waals surface area contributed by atoms with Gasteiger partial charge in [0.05, 0.1) is 6.21 Å². The Kier molecular flexibility index (Phi) is 8.33. The molecule has 0 saturated carbocycles. The van der Waals surface area contributed by atoms with E-state index in [1.54, 1.807) is 66.7 Å². The summed E-state index contributed by atoms with van der Waals surface area (Å²) in [5, 5.41) is 6.54. The van der Waals surface area contributed by atoms with E-state index in [0.717, 1.165) is 5.56 Å². The lowest BCUT2D eigenvalue weighted by Gasteiger charge is -2.26. The first-order valence-electron chi connectivity index (χ1n) is 9.82. The molecule has 0 bridgehead atoms. The van der Waals surface area contributed by atoms with Crippen LogP contribution in [0.15, 0.2) is 84.0 Å². The monoisotopic (exact) mass is 503 g/mol. The Hall–Kier alpha value is -3.06. The van der Waals surface area contributed by atoms with Gasteiger partial charge in [0.15, 0.2) is 0 Å². The van der Waals surface area contributed by atoms with Gasteiger partial charge < -0.3 is 10.1 Å². The SMILES string of the molecule is Cc1cccc(C(=O)NC(Oc2ccc(C=NNC(=O)c3ccccc3)cc2)C(Cl)(Cl)Cl)c1. The van der Waals surface area contributed by atoms with E-state index in [1.807, 2.05) is 19.1 Å². The molecule has 0 fully saturated rings. The van der Waals surface area contributed by atoms with Crippen LogP contribution in [0.4, 0.5) is 0 Å². The minimum Gasteiger partial charge on any atom is -0.466 e. The molecule has 0 aliphatic rings. The lowest BCUT2D eigenvalue weighted by atomic mass is 10.1. The Morgan fingerprint density at radius 3 is 2.21 bits per heavy atom. The quantitative estimate of drug-likeness (QED) is 0.199. The topological polar surface area (TPSA) is 79.8 Å². The Morgan fingerprint density at radius 1 is 0.909 bits per heavy atom. The molecule has 3 aromatic rings. The van der Waals surface area contributed by atoms with Crippen molar-refractivity contribution in [2.75, 3.05) is 0 Å². The summed E-state index contributed by atoms with van der Waals surface area (Å²) in [6.45, 7) is 1.87. The van der Waals surface area contributed by atoms with Crippen LogP contribution in [0.25, 0.3) is 0 Å². The summed E-state index contributed by atoms with van der Waals surface area (Å²) in [6, 6.07) is 22.4. The Bertz CT molecular complexity index is 1130. The highest BCUT2D eigenvalue weighted by atomic mass is 35.6. The van der Waals surface area contributed by atoms with E-state index < -0.39 is 15.9 Å². The molecule has 0 aromatic heterocycles. The third-order valence-electron chi connectivity index (χ3n) is 4.39. The van der Waals surface area contributed by atoms with Crippen LogP contribution in [0, 0.1) is 6.92 Å². The van der Waals surface area contributed by atoms with Gasteiger partial charge in [-0.15, -0.1) is 0 Å². The molecule has 3 aromatic carbocycles. The van der Waals surface area contributed by atoms with Crippen LogP contribution in [0.3, 0.4) is 0 Å². The number of hydrogen-bond acceptors (Lipinski definition) is 4. The van der Waals surface area contributed by atoms with E-state index in [9.17, 15) is 9.59 Å². The average molecular weight is 505 g/mol. The highest BCUT2D eigenvalue weighted by Crippen LogP contribution is 2.32.